The molecule has 0 unspecified atom stereocenters. The predicted molar refractivity (Wildman–Crippen MR) is 103 cm³/mol. The normalized spacial score (nSPS) is 16.0. The van der Waals surface area contributed by atoms with Crippen LogP contribution in [0, 0.1) is 0 Å². The smallest absolute Gasteiger partial charge is 0.0267 e. The van der Waals surface area contributed by atoms with E-state index in [9.17, 15) is 0 Å². The highest BCUT2D eigenvalue weighted by molar-refractivity contribution is 5.72. The topological polar surface area (TPSA) is 24.4 Å². The maximum absolute atomic E-state index is 4.12. The summed E-state index contributed by atoms with van der Waals surface area (Å²) in [4.78, 5) is 4.12. The minimum Gasteiger partial charge on any atom is -0.368 e. The third-order valence-electron chi connectivity index (χ3n) is 2.40. The first kappa shape index (κ1) is 17.9. The zero-order chi connectivity index (χ0) is 16.3. The molecule has 1 aliphatic heterocycles. The van der Waals surface area contributed by atoms with E-state index in [4.69, 9.17) is 0 Å². The molecule has 0 spiro atoms. The lowest BCUT2D eigenvalue weighted by atomic mass is 10.3. The van der Waals surface area contributed by atoms with Gasteiger partial charge in [-0.25, -0.2) is 0 Å². The fraction of sp³-hybridized carbons (Fsp3) is 0. The molecule has 0 aromatic rings. The van der Waals surface area contributed by atoms with E-state index in [1.807, 2.05) is 116 Å². The molecule has 23 heavy (non-hydrogen) atoms. The molecular weight excluding hydrogens is 280 g/mol. The lowest BCUT2D eigenvalue weighted by Crippen LogP contribution is -1.89. The number of aliphatic imine (C=N–C) groups is 1. The number of allylic oxidation sites excluding steroid dienone is 17. The van der Waals surface area contributed by atoms with Gasteiger partial charge in [0.2, 0.25) is 0 Å². The van der Waals surface area contributed by atoms with Crippen LogP contribution in [0.25, 0.3) is 0 Å². The summed E-state index contributed by atoms with van der Waals surface area (Å²) in [6, 6.07) is 0. The van der Waals surface area contributed by atoms with Gasteiger partial charge in [-0.15, -0.1) is 0 Å². The van der Waals surface area contributed by atoms with Gasteiger partial charge in [0.25, 0.3) is 0 Å². The van der Waals surface area contributed by atoms with Gasteiger partial charge in [0.1, 0.15) is 0 Å². The molecule has 0 amide bonds. The van der Waals surface area contributed by atoms with Gasteiger partial charge in [-0.1, -0.05) is 79.0 Å². The van der Waals surface area contributed by atoms with Gasteiger partial charge in [0.15, 0.2) is 0 Å². The number of hydrogen-bond donors (Lipinski definition) is 1. The largest absolute Gasteiger partial charge is 0.368 e. The van der Waals surface area contributed by atoms with Crippen LogP contribution in [0.3, 0.4) is 0 Å². The summed E-state index contributed by atoms with van der Waals surface area (Å²) in [5, 5.41) is 3.05. The number of nitrogens with zero attached hydrogens (tertiary/aromatic N) is 1. The van der Waals surface area contributed by atoms with Gasteiger partial charge < -0.3 is 5.32 Å². The highest BCUT2D eigenvalue weighted by atomic mass is 14.8. The molecular formula is C21H22N2. The Labute approximate surface area is 139 Å². The Morgan fingerprint density at radius 3 is 1.30 bits per heavy atom. The Bertz CT molecular complexity index is 562. The molecule has 0 bridgehead atoms. The molecule has 1 heterocycles. The Kier molecular flexibility index (Phi) is 11.9. The Hall–Kier alpha value is -3.13. The average Bonchev–Trinajstić information content (AvgIpc) is 2.56. The maximum Gasteiger partial charge on any atom is 0.0267 e. The minimum atomic E-state index is 1.74. The molecule has 1 aliphatic rings. The SMILES string of the molecule is C1=CC=CC=CC=NC=CC=CC=CC=CNC=CC=CC=C1. The summed E-state index contributed by atoms with van der Waals surface area (Å²) in [6.45, 7) is 0. The van der Waals surface area contributed by atoms with E-state index >= 15 is 0 Å². The van der Waals surface area contributed by atoms with E-state index in [2.05, 4.69) is 10.3 Å². The van der Waals surface area contributed by atoms with Crippen LogP contribution in [0.2, 0.25) is 0 Å². The van der Waals surface area contributed by atoms with Crippen LogP contribution in [-0.4, -0.2) is 6.21 Å². The molecule has 0 aromatic carbocycles. The van der Waals surface area contributed by atoms with Crippen molar-refractivity contribution in [2.45, 2.75) is 0 Å². The molecule has 0 fully saturated rings. The van der Waals surface area contributed by atoms with E-state index in [1.165, 1.54) is 0 Å². The zero-order valence-electron chi connectivity index (χ0n) is 13.1. The van der Waals surface area contributed by atoms with E-state index < -0.39 is 0 Å². The van der Waals surface area contributed by atoms with Crippen molar-refractivity contribution >= 4 is 6.21 Å². The van der Waals surface area contributed by atoms with Crippen molar-refractivity contribution in [1.82, 2.24) is 5.32 Å². The van der Waals surface area contributed by atoms with Crippen LogP contribution in [-0.2, 0) is 0 Å². The summed E-state index contributed by atoms with van der Waals surface area (Å²) in [6.07, 6.45) is 40.3. The summed E-state index contributed by atoms with van der Waals surface area (Å²) < 4.78 is 0. The molecule has 2 heteroatoms. The predicted octanol–water partition coefficient (Wildman–Crippen LogP) is 5.09. The van der Waals surface area contributed by atoms with E-state index in [-0.39, 0.29) is 0 Å². The molecule has 0 radical (unpaired) electrons. The summed E-state index contributed by atoms with van der Waals surface area (Å²) in [5.74, 6) is 0. The maximum atomic E-state index is 4.12. The quantitative estimate of drug-likeness (QED) is 0.662. The highest BCUT2D eigenvalue weighted by Crippen LogP contribution is 1.86. The summed E-state index contributed by atoms with van der Waals surface area (Å²) in [5.41, 5.74) is 0. The van der Waals surface area contributed by atoms with E-state index in [0.29, 0.717) is 0 Å². The minimum absolute atomic E-state index is 1.74. The second kappa shape index (κ2) is 15.3. The standard InChI is InChI=1S/C21H22N2/c1-2-4-6-10-14-18-22-20-16-12-8-9-13-17-21-23-19-15-11-7-5-3-1/h1-22H. The number of nitrogens with one attached hydrogen (secondary N) is 1. The van der Waals surface area contributed by atoms with Gasteiger partial charge in [-0.05, 0) is 24.3 Å². The van der Waals surface area contributed by atoms with Crippen molar-refractivity contribution in [3.05, 3.63) is 122 Å². The number of hydrogen-bond acceptors (Lipinski definition) is 2. The van der Waals surface area contributed by atoms with Crippen LogP contribution in [0.1, 0.15) is 0 Å². The Morgan fingerprint density at radius 1 is 0.391 bits per heavy atom. The molecule has 0 saturated carbocycles. The van der Waals surface area contributed by atoms with Gasteiger partial charge in [0, 0.05) is 24.8 Å². The van der Waals surface area contributed by atoms with Crippen LogP contribution < -0.4 is 5.32 Å². The zero-order valence-corrected chi connectivity index (χ0v) is 13.1. The molecule has 1 rings (SSSR count). The molecule has 0 saturated heterocycles. The lowest BCUT2D eigenvalue weighted by molar-refractivity contribution is 1.20. The highest BCUT2D eigenvalue weighted by Gasteiger charge is 1.67. The van der Waals surface area contributed by atoms with Gasteiger partial charge in [0.05, 0.1) is 0 Å². The molecule has 0 aliphatic carbocycles. The fourth-order valence-electron chi connectivity index (χ4n) is 1.36. The Morgan fingerprint density at radius 2 is 0.783 bits per heavy atom. The van der Waals surface area contributed by atoms with Crippen LogP contribution >= 0.6 is 0 Å². The Balaban J connectivity index is 2.63. The van der Waals surface area contributed by atoms with Crippen molar-refractivity contribution in [2.24, 2.45) is 4.99 Å². The van der Waals surface area contributed by atoms with Gasteiger partial charge in [-0.3, -0.25) is 4.99 Å². The molecule has 0 aromatic heterocycles. The first-order valence-electron chi connectivity index (χ1n) is 7.43. The van der Waals surface area contributed by atoms with Crippen LogP contribution in [0.4, 0.5) is 0 Å². The molecule has 1 N–H and O–H groups in total. The van der Waals surface area contributed by atoms with Crippen molar-refractivity contribution in [1.29, 1.82) is 0 Å². The second-order valence-electron chi connectivity index (χ2n) is 4.22. The first-order chi connectivity index (χ1) is 11.5. The molecule has 0 atom stereocenters. The van der Waals surface area contributed by atoms with Crippen LogP contribution in [0.5, 0.6) is 0 Å². The third-order valence-corrected chi connectivity index (χ3v) is 2.40. The van der Waals surface area contributed by atoms with E-state index in [1.54, 1.807) is 12.4 Å². The molecule has 116 valence electrons. The van der Waals surface area contributed by atoms with Crippen LogP contribution in [0.15, 0.2) is 127 Å². The summed E-state index contributed by atoms with van der Waals surface area (Å²) >= 11 is 0. The second-order valence-corrected chi connectivity index (χ2v) is 4.22. The van der Waals surface area contributed by atoms with Crippen molar-refractivity contribution in [2.75, 3.05) is 0 Å². The fourth-order valence-corrected chi connectivity index (χ4v) is 1.36. The van der Waals surface area contributed by atoms with Gasteiger partial charge >= 0.3 is 0 Å². The third kappa shape index (κ3) is 13.6. The van der Waals surface area contributed by atoms with Gasteiger partial charge in [-0.2, -0.15) is 0 Å². The first-order valence-corrected chi connectivity index (χ1v) is 7.43. The van der Waals surface area contributed by atoms with Crippen molar-refractivity contribution in [3.63, 3.8) is 0 Å². The lowest BCUT2D eigenvalue weighted by Gasteiger charge is -1.84. The average molecular weight is 302 g/mol. The molecule has 2 nitrogen and oxygen atoms in total. The van der Waals surface area contributed by atoms with Crippen molar-refractivity contribution < 1.29 is 0 Å². The number of rotatable bonds is 0. The van der Waals surface area contributed by atoms with Crippen molar-refractivity contribution in [3.8, 4) is 0 Å². The van der Waals surface area contributed by atoms with E-state index in [0.717, 1.165) is 0 Å². The summed E-state index contributed by atoms with van der Waals surface area (Å²) in [7, 11) is 0. The monoisotopic (exact) mass is 302 g/mol.